The highest BCUT2D eigenvalue weighted by Gasteiger charge is 2.16. The summed E-state index contributed by atoms with van der Waals surface area (Å²) in [6.45, 7) is 4.58. The number of esters is 1. The van der Waals surface area contributed by atoms with Crippen LogP contribution in [0.5, 0.6) is 0 Å². The number of carbonyl (C=O) groups excluding carboxylic acids is 1. The number of ether oxygens (including phenoxy) is 1. The lowest BCUT2D eigenvalue weighted by Gasteiger charge is -2.24. The third-order valence-corrected chi connectivity index (χ3v) is 2.93. The molecule has 0 aliphatic heterocycles. The average molecular weight is 298 g/mol. The van der Waals surface area contributed by atoms with Crippen molar-refractivity contribution in [2.75, 3.05) is 24.6 Å². The van der Waals surface area contributed by atoms with Crippen molar-refractivity contribution in [1.29, 1.82) is 0 Å². The van der Waals surface area contributed by atoms with E-state index in [4.69, 9.17) is 22.7 Å². The molecule has 6 heteroatoms. The molecule has 0 heterocycles. The Morgan fingerprint density at radius 2 is 2.15 bits per heavy atom. The zero-order valence-corrected chi connectivity index (χ0v) is 12.5. The second-order valence-corrected chi connectivity index (χ2v) is 4.70. The molecule has 0 atom stereocenters. The number of anilines is 1. The Hall–Kier alpha value is -1.69. The van der Waals surface area contributed by atoms with E-state index < -0.39 is 5.82 Å². The molecule has 0 saturated heterocycles. The monoisotopic (exact) mass is 298 g/mol. The summed E-state index contributed by atoms with van der Waals surface area (Å²) in [5.74, 6) is -0.827. The molecule has 0 unspecified atom stereocenters. The second-order valence-electron chi connectivity index (χ2n) is 4.26. The van der Waals surface area contributed by atoms with E-state index in [1.54, 1.807) is 24.0 Å². The molecule has 110 valence electrons. The Morgan fingerprint density at radius 1 is 1.45 bits per heavy atom. The lowest BCUT2D eigenvalue weighted by Crippen LogP contribution is -2.32. The first-order chi connectivity index (χ1) is 9.49. The number of nitrogens with zero attached hydrogens (tertiary/aromatic N) is 1. The Morgan fingerprint density at radius 3 is 2.65 bits per heavy atom. The van der Waals surface area contributed by atoms with Gasteiger partial charge < -0.3 is 15.4 Å². The minimum Gasteiger partial charge on any atom is -0.465 e. The van der Waals surface area contributed by atoms with Crippen molar-refractivity contribution >= 4 is 28.9 Å². The molecule has 0 saturated carbocycles. The third-order valence-electron chi connectivity index (χ3n) is 2.69. The topological polar surface area (TPSA) is 55.6 Å². The average Bonchev–Trinajstić information content (AvgIpc) is 2.38. The normalized spacial score (nSPS) is 10.2. The molecule has 0 radical (unpaired) electrons. The van der Waals surface area contributed by atoms with Crippen LogP contribution in [0.3, 0.4) is 0 Å². The highest BCUT2D eigenvalue weighted by molar-refractivity contribution is 7.80. The minimum absolute atomic E-state index is 0.0189. The summed E-state index contributed by atoms with van der Waals surface area (Å²) < 4.78 is 19.0. The van der Waals surface area contributed by atoms with E-state index >= 15 is 0 Å². The molecule has 1 aromatic rings. The van der Waals surface area contributed by atoms with Crippen molar-refractivity contribution in [3.05, 3.63) is 29.6 Å². The van der Waals surface area contributed by atoms with Gasteiger partial charge in [-0.05, 0) is 31.5 Å². The molecule has 0 aliphatic carbocycles. The molecule has 0 aromatic heterocycles. The maximum atomic E-state index is 14.1. The van der Waals surface area contributed by atoms with Gasteiger partial charge in [-0.3, -0.25) is 4.79 Å². The Balaban J connectivity index is 2.96. The van der Waals surface area contributed by atoms with Gasteiger partial charge in [-0.1, -0.05) is 19.1 Å². The van der Waals surface area contributed by atoms with Gasteiger partial charge in [-0.25, -0.2) is 4.39 Å². The van der Waals surface area contributed by atoms with E-state index in [9.17, 15) is 9.18 Å². The predicted octanol–water partition coefficient (Wildman–Crippen LogP) is 2.24. The molecule has 0 bridgehead atoms. The molecule has 4 nitrogen and oxygen atoms in total. The van der Waals surface area contributed by atoms with Crippen molar-refractivity contribution in [2.45, 2.75) is 20.3 Å². The lowest BCUT2D eigenvalue weighted by atomic mass is 10.1. The fourth-order valence-electron chi connectivity index (χ4n) is 1.83. The van der Waals surface area contributed by atoms with E-state index in [0.29, 0.717) is 24.4 Å². The van der Waals surface area contributed by atoms with Crippen LogP contribution in [-0.2, 0) is 9.53 Å². The van der Waals surface area contributed by atoms with Crippen molar-refractivity contribution in [3.8, 4) is 0 Å². The van der Waals surface area contributed by atoms with Gasteiger partial charge in [-0.2, -0.15) is 0 Å². The Kier molecular flexibility index (Phi) is 6.38. The van der Waals surface area contributed by atoms with Crippen LogP contribution in [0, 0.1) is 5.82 Å². The smallest absolute Gasteiger partial charge is 0.325 e. The highest BCUT2D eigenvalue weighted by Crippen LogP contribution is 2.21. The first kappa shape index (κ1) is 16.4. The molecule has 2 N–H and O–H groups in total. The summed E-state index contributed by atoms with van der Waals surface area (Å²) in [6, 6.07) is 4.51. The van der Waals surface area contributed by atoms with Gasteiger partial charge >= 0.3 is 5.97 Å². The van der Waals surface area contributed by atoms with Crippen molar-refractivity contribution in [3.63, 3.8) is 0 Å². The summed E-state index contributed by atoms with van der Waals surface area (Å²) in [7, 11) is 0. The first-order valence-corrected chi connectivity index (χ1v) is 6.90. The second kappa shape index (κ2) is 7.79. The number of rotatable bonds is 7. The number of hydrogen-bond donors (Lipinski definition) is 1. The SMILES string of the molecule is CCCN(CC(=O)OCC)c1ccc(C(N)=S)cc1F. The summed E-state index contributed by atoms with van der Waals surface area (Å²) in [6.07, 6.45) is 0.788. The van der Waals surface area contributed by atoms with Crippen LogP contribution < -0.4 is 10.6 Å². The van der Waals surface area contributed by atoms with Gasteiger partial charge in [0.05, 0.1) is 12.3 Å². The standard InChI is InChI=1S/C14H19FN2O2S/c1-3-7-17(9-13(18)19-4-2)12-6-5-10(14(16)20)8-11(12)15/h5-6,8H,3-4,7,9H2,1-2H3,(H2,16,20). The Bertz CT molecular complexity index is 494. The van der Waals surface area contributed by atoms with Gasteiger partial charge in [0.25, 0.3) is 0 Å². The van der Waals surface area contributed by atoms with Crippen molar-refractivity contribution < 1.29 is 13.9 Å². The van der Waals surface area contributed by atoms with E-state index in [-0.39, 0.29) is 17.5 Å². The lowest BCUT2D eigenvalue weighted by molar-refractivity contribution is -0.141. The third kappa shape index (κ3) is 4.45. The van der Waals surface area contributed by atoms with Crippen LogP contribution in [0.15, 0.2) is 18.2 Å². The largest absolute Gasteiger partial charge is 0.465 e. The quantitative estimate of drug-likeness (QED) is 0.618. The first-order valence-electron chi connectivity index (χ1n) is 6.49. The number of carbonyl (C=O) groups is 1. The number of halogens is 1. The van der Waals surface area contributed by atoms with Crippen molar-refractivity contribution in [1.82, 2.24) is 0 Å². The van der Waals surface area contributed by atoms with Gasteiger partial charge in [-0.15, -0.1) is 0 Å². The molecular weight excluding hydrogens is 279 g/mol. The van der Waals surface area contributed by atoms with Crippen LogP contribution in [0.25, 0.3) is 0 Å². The molecule has 20 heavy (non-hydrogen) atoms. The maximum Gasteiger partial charge on any atom is 0.325 e. The Labute approximate surface area is 123 Å². The van der Waals surface area contributed by atoms with Crippen molar-refractivity contribution in [2.24, 2.45) is 5.73 Å². The van der Waals surface area contributed by atoms with E-state index in [1.807, 2.05) is 6.92 Å². The van der Waals surface area contributed by atoms with Crippen LogP contribution >= 0.6 is 12.2 Å². The predicted molar refractivity (Wildman–Crippen MR) is 81.4 cm³/mol. The van der Waals surface area contributed by atoms with E-state index in [0.717, 1.165) is 6.42 Å². The van der Waals surface area contributed by atoms with Crippen LogP contribution in [-0.4, -0.2) is 30.7 Å². The summed E-state index contributed by atoms with van der Waals surface area (Å²) in [4.78, 5) is 13.4. The summed E-state index contributed by atoms with van der Waals surface area (Å²) in [5, 5.41) is 0. The maximum absolute atomic E-state index is 14.1. The van der Waals surface area contributed by atoms with Gasteiger partial charge in [0, 0.05) is 12.1 Å². The number of nitrogens with two attached hydrogens (primary N) is 1. The highest BCUT2D eigenvalue weighted by atomic mass is 32.1. The zero-order chi connectivity index (χ0) is 15.1. The van der Waals surface area contributed by atoms with Gasteiger partial charge in [0.2, 0.25) is 0 Å². The number of hydrogen-bond acceptors (Lipinski definition) is 4. The van der Waals surface area contributed by atoms with Crippen LogP contribution in [0.1, 0.15) is 25.8 Å². The molecule has 0 fully saturated rings. The summed E-state index contributed by atoms with van der Waals surface area (Å²) >= 11 is 4.81. The summed E-state index contributed by atoms with van der Waals surface area (Å²) in [5.41, 5.74) is 6.28. The number of benzene rings is 1. The van der Waals surface area contributed by atoms with E-state index in [2.05, 4.69) is 0 Å². The molecule has 0 spiro atoms. The fourth-order valence-corrected chi connectivity index (χ4v) is 1.96. The van der Waals surface area contributed by atoms with Gasteiger partial charge in [0.15, 0.2) is 0 Å². The molecule has 1 aromatic carbocycles. The number of thiocarbonyl (C=S) groups is 1. The van der Waals surface area contributed by atoms with Gasteiger partial charge in [0.1, 0.15) is 17.4 Å². The van der Waals surface area contributed by atoms with Crippen LogP contribution in [0.4, 0.5) is 10.1 Å². The minimum atomic E-state index is -0.451. The molecular formula is C14H19FN2O2S. The fraction of sp³-hybridized carbons (Fsp3) is 0.429. The zero-order valence-electron chi connectivity index (χ0n) is 11.7. The molecule has 0 amide bonds. The molecule has 0 aliphatic rings. The van der Waals surface area contributed by atoms with Crippen LogP contribution in [0.2, 0.25) is 0 Å². The molecule has 1 rings (SSSR count). The van der Waals surface area contributed by atoms with E-state index in [1.165, 1.54) is 6.07 Å².